The van der Waals surface area contributed by atoms with E-state index in [1.54, 1.807) is 0 Å². The van der Waals surface area contributed by atoms with Crippen molar-refractivity contribution in [3.05, 3.63) is 29.8 Å². The van der Waals surface area contributed by atoms with Crippen LogP contribution in [0.25, 0.3) is 0 Å². The van der Waals surface area contributed by atoms with Crippen molar-refractivity contribution in [1.29, 1.82) is 0 Å². The number of nitrogens with two attached hydrogens (primary N) is 3. The highest BCUT2D eigenvalue weighted by Crippen LogP contribution is 2.13. The van der Waals surface area contributed by atoms with Crippen molar-refractivity contribution in [2.75, 3.05) is 6.54 Å². The Kier molecular flexibility index (Phi) is 14.6. The van der Waals surface area contributed by atoms with E-state index in [0.29, 0.717) is 18.4 Å². The highest BCUT2D eigenvalue weighted by molar-refractivity contribution is 5.94. The van der Waals surface area contributed by atoms with Crippen LogP contribution >= 0.6 is 0 Å². The number of aromatic hydroxyl groups is 1. The van der Waals surface area contributed by atoms with Gasteiger partial charge >= 0.3 is 11.9 Å². The normalized spacial score (nSPS) is 13.8. The standard InChI is InChI=1S/C26H41N7O8/c1-14(2)12-17(27)22(37)31-18(4-3-11-30-26(28)29)23(38)33-20(13-15-5-7-16(34)8-6-15)24(39)32-19(25(40)41)9-10-21(35)36/h5-8,14,17-20,34H,3-4,9-13,27H2,1-2H3,(H,31,37)(H,32,39)(H,33,38)(H,35,36)(H,40,41)(H4,28,29,30). The van der Waals surface area contributed by atoms with Gasteiger partial charge in [0.1, 0.15) is 23.9 Å². The molecule has 0 fully saturated rings. The highest BCUT2D eigenvalue weighted by atomic mass is 16.4. The molecule has 1 rings (SSSR count). The van der Waals surface area contributed by atoms with Crippen LogP contribution in [-0.4, -0.2) is 81.7 Å². The van der Waals surface area contributed by atoms with Gasteiger partial charge in [-0.25, -0.2) is 4.79 Å². The number of nitrogens with one attached hydrogen (secondary N) is 3. The maximum Gasteiger partial charge on any atom is 0.326 e. The summed E-state index contributed by atoms with van der Waals surface area (Å²) in [4.78, 5) is 65.7. The number of aliphatic imine (C=N–C) groups is 1. The molecule has 0 spiro atoms. The predicted octanol–water partition coefficient (Wildman–Crippen LogP) is -1.23. The lowest BCUT2D eigenvalue weighted by Gasteiger charge is -2.25. The third-order valence-corrected chi connectivity index (χ3v) is 5.91. The number of hydrogen-bond acceptors (Lipinski definition) is 8. The molecule has 0 aromatic heterocycles. The molecule has 15 heteroatoms. The summed E-state index contributed by atoms with van der Waals surface area (Å²) in [6.07, 6.45) is -0.245. The van der Waals surface area contributed by atoms with Crippen LogP contribution in [-0.2, 0) is 30.4 Å². The summed E-state index contributed by atoms with van der Waals surface area (Å²) >= 11 is 0. The molecule has 0 aliphatic heterocycles. The molecule has 0 bridgehead atoms. The van der Waals surface area contributed by atoms with E-state index in [9.17, 15) is 34.2 Å². The van der Waals surface area contributed by atoms with Gasteiger partial charge in [-0.3, -0.25) is 24.2 Å². The van der Waals surface area contributed by atoms with Gasteiger partial charge in [0.05, 0.1) is 6.04 Å². The summed E-state index contributed by atoms with van der Waals surface area (Å²) in [6, 6.07) is 0.920. The summed E-state index contributed by atoms with van der Waals surface area (Å²) < 4.78 is 0. The Bertz CT molecular complexity index is 1070. The first-order chi connectivity index (χ1) is 19.2. The average Bonchev–Trinajstić information content (AvgIpc) is 2.87. The van der Waals surface area contributed by atoms with Crippen LogP contribution in [0, 0.1) is 5.92 Å². The zero-order valence-electron chi connectivity index (χ0n) is 23.2. The molecule has 0 aliphatic carbocycles. The number of carbonyl (C=O) groups excluding carboxylic acids is 3. The predicted molar refractivity (Wildman–Crippen MR) is 149 cm³/mol. The summed E-state index contributed by atoms with van der Waals surface area (Å²) in [7, 11) is 0. The van der Waals surface area contributed by atoms with E-state index in [1.165, 1.54) is 24.3 Å². The largest absolute Gasteiger partial charge is 0.508 e. The SMILES string of the molecule is CC(C)CC(N)C(=O)NC(CCCN=C(N)N)C(=O)NC(Cc1ccc(O)cc1)C(=O)NC(CCC(=O)O)C(=O)O. The lowest BCUT2D eigenvalue weighted by Crippen LogP contribution is -2.57. The number of phenolic OH excluding ortho intramolecular Hbond substituents is 1. The van der Waals surface area contributed by atoms with Crippen LogP contribution in [0.4, 0.5) is 0 Å². The van der Waals surface area contributed by atoms with Crippen molar-refractivity contribution in [2.24, 2.45) is 28.1 Å². The number of guanidine groups is 1. The number of benzene rings is 1. The number of nitrogens with zero attached hydrogens (tertiary/aromatic N) is 1. The molecule has 15 nitrogen and oxygen atoms in total. The number of phenols is 1. The Morgan fingerprint density at radius 1 is 0.854 bits per heavy atom. The molecule has 12 N–H and O–H groups in total. The molecule has 0 radical (unpaired) electrons. The van der Waals surface area contributed by atoms with Crippen LogP contribution in [0.3, 0.4) is 0 Å². The lowest BCUT2D eigenvalue weighted by molar-refractivity contribution is -0.143. The second-order valence-corrected chi connectivity index (χ2v) is 10.0. The molecule has 0 heterocycles. The van der Waals surface area contributed by atoms with Crippen molar-refractivity contribution in [3.63, 3.8) is 0 Å². The molecule has 0 saturated heterocycles. The van der Waals surface area contributed by atoms with E-state index in [4.69, 9.17) is 22.3 Å². The number of carbonyl (C=O) groups is 5. The van der Waals surface area contributed by atoms with E-state index in [1.807, 2.05) is 13.8 Å². The van der Waals surface area contributed by atoms with Crippen LogP contribution in [0.1, 0.15) is 51.5 Å². The molecule has 228 valence electrons. The molecule has 4 atom stereocenters. The Labute approximate surface area is 237 Å². The molecule has 41 heavy (non-hydrogen) atoms. The van der Waals surface area contributed by atoms with Gasteiger partial charge in [-0.2, -0.15) is 0 Å². The van der Waals surface area contributed by atoms with Gasteiger partial charge < -0.3 is 48.5 Å². The third-order valence-electron chi connectivity index (χ3n) is 5.91. The Morgan fingerprint density at radius 3 is 1.95 bits per heavy atom. The first-order valence-electron chi connectivity index (χ1n) is 13.1. The Balaban J connectivity index is 3.20. The van der Waals surface area contributed by atoms with Crippen molar-refractivity contribution in [2.45, 2.75) is 76.5 Å². The minimum atomic E-state index is -1.53. The Hall–Kier alpha value is -4.40. The number of hydrogen-bond donors (Lipinski definition) is 9. The van der Waals surface area contributed by atoms with Gasteiger partial charge in [-0.15, -0.1) is 0 Å². The fourth-order valence-electron chi connectivity index (χ4n) is 3.81. The number of carboxylic acid groups (broad SMARTS) is 2. The van der Waals surface area contributed by atoms with Crippen molar-refractivity contribution in [3.8, 4) is 5.75 Å². The minimum Gasteiger partial charge on any atom is -0.508 e. The highest BCUT2D eigenvalue weighted by Gasteiger charge is 2.30. The quantitative estimate of drug-likeness (QED) is 0.0564. The van der Waals surface area contributed by atoms with E-state index in [-0.39, 0.29) is 43.4 Å². The maximum atomic E-state index is 13.4. The smallest absolute Gasteiger partial charge is 0.326 e. The van der Waals surface area contributed by atoms with Crippen molar-refractivity contribution in [1.82, 2.24) is 16.0 Å². The van der Waals surface area contributed by atoms with Crippen LogP contribution in [0.2, 0.25) is 0 Å². The molecule has 1 aromatic carbocycles. The molecule has 1 aromatic rings. The van der Waals surface area contributed by atoms with Gasteiger partial charge in [0, 0.05) is 19.4 Å². The second kappa shape index (κ2) is 17.3. The van der Waals surface area contributed by atoms with Crippen LogP contribution in [0.15, 0.2) is 29.3 Å². The average molecular weight is 580 g/mol. The fraction of sp³-hybridized carbons (Fsp3) is 0.538. The zero-order valence-corrected chi connectivity index (χ0v) is 23.2. The molecule has 4 unspecified atom stereocenters. The summed E-state index contributed by atoms with van der Waals surface area (Å²) in [5.41, 5.74) is 17.2. The molecule has 0 aliphatic rings. The Morgan fingerprint density at radius 2 is 1.41 bits per heavy atom. The lowest BCUT2D eigenvalue weighted by atomic mass is 10.0. The molecular weight excluding hydrogens is 538 g/mol. The van der Waals surface area contributed by atoms with Crippen LogP contribution < -0.4 is 33.2 Å². The van der Waals surface area contributed by atoms with E-state index in [0.717, 1.165) is 0 Å². The third kappa shape index (κ3) is 14.0. The van der Waals surface area contributed by atoms with Gasteiger partial charge in [0.25, 0.3) is 0 Å². The monoisotopic (exact) mass is 579 g/mol. The van der Waals surface area contributed by atoms with Crippen molar-refractivity contribution < 1.29 is 39.3 Å². The van der Waals surface area contributed by atoms with E-state index < -0.39 is 60.2 Å². The molecule has 0 saturated carbocycles. The number of aliphatic carboxylic acids is 2. The van der Waals surface area contributed by atoms with Crippen molar-refractivity contribution >= 4 is 35.6 Å². The zero-order chi connectivity index (χ0) is 31.1. The fourth-order valence-corrected chi connectivity index (χ4v) is 3.81. The van der Waals surface area contributed by atoms with E-state index in [2.05, 4.69) is 20.9 Å². The van der Waals surface area contributed by atoms with Gasteiger partial charge in [0.15, 0.2) is 5.96 Å². The summed E-state index contributed by atoms with van der Waals surface area (Å²) in [6.45, 7) is 3.95. The van der Waals surface area contributed by atoms with Crippen LogP contribution in [0.5, 0.6) is 5.75 Å². The second-order valence-electron chi connectivity index (χ2n) is 10.0. The number of carboxylic acids is 2. The van der Waals surface area contributed by atoms with Gasteiger partial charge in [-0.1, -0.05) is 26.0 Å². The number of amides is 3. The summed E-state index contributed by atoms with van der Waals surface area (Å²) in [5, 5.41) is 35.4. The first kappa shape index (κ1) is 34.6. The number of rotatable bonds is 18. The maximum absolute atomic E-state index is 13.4. The first-order valence-corrected chi connectivity index (χ1v) is 13.1. The molecular formula is C26H41N7O8. The minimum absolute atomic E-state index is 0.0281. The summed E-state index contributed by atoms with van der Waals surface area (Å²) in [5.74, 6) is -4.93. The van der Waals surface area contributed by atoms with E-state index >= 15 is 0 Å². The van der Waals surface area contributed by atoms with Gasteiger partial charge in [-0.05, 0) is 49.3 Å². The molecule has 3 amide bonds. The van der Waals surface area contributed by atoms with Gasteiger partial charge in [0.2, 0.25) is 17.7 Å². The topological polar surface area (TPSA) is 273 Å².